The highest BCUT2D eigenvalue weighted by Crippen LogP contribution is 2.43. The Kier molecular flexibility index (Phi) is 9.37. The Morgan fingerprint density at radius 2 is 0.924 bits per heavy atom. The van der Waals surface area contributed by atoms with E-state index in [0.29, 0.717) is 88.9 Å². The van der Waals surface area contributed by atoms with Crippen LogP contribution in [0.1, 0.15) is 16.7 Å². The summed E-state index contributed by atoms with van der Waals surface area (Å²) in [4.78, 5) is 10.0. The van der Waals surface area contributed by atoms with Crippen molar-refractivity contribution < 1.29 is 26.3 Å². The normalized spacial score (nSPS) is 12.1. The first kappa shape index (κ1) is 40.3. The number of hydrogen-bond acceptors (Lipinski definition) is 3. The number of fused-ring (bicyclic) bond motifs is 6. The standard InChI is InChI=1S/C55H31F6N5/c56-54(57,58)37-21-25-50-44(28-37)40-15-7-9-17-48(40)65(50)39-23-19-36(32-62)42(30-39)43-27-35(47-31-46(33-11-3-1-4-12-33)63-53(64-47)34-13-5-2-6-14-34)20-24-51(43)66-49-18-10-8-16-41(49)45-29-38(55(59,60)61)22-26-52(45)66/h1-31H. The van der Waals surface area contributed by atoms with E-state index in [2.05, 4.69) is 6.07 Å². The molecular weight excluding hydrogens is 845 g/mol. The van der Waals surface area contributed by atoms with Crippen LogP contribution in [0, 0.1) is 11.3 Å². The van der Waals surface area contributed by atoms with Gasteiger partial charge in [0.25, 0.3) is 0 Å². The topological polar surface area (TPSA) is 59.4 Å². The van der Waals surface area contributed by atoms with Gasteiger partial charge < -0.3 is 9.13 Å². The molecule has 0 bridgehead atoms. The molecule has 0 unspecified atom stereocenters. The zero-order chi connectivity index (χ0) is 45.3. The van der Waals surface area contributed by atoms with Crippen LogP contribution in [0.4, 0.5) is 26.3 Å². The van der Waals surface area contributed by atoms with E-state index in [9.17, 15) is 31.6 Å². The van der Waals surface area contributed by atoms with Crippen molar-refractivity contribution in [2.75, 3.05) is 0 Å². The summed E-state index contributed by atoms with van der Waals surface area (Å²) in [5, 5.41) is 12.9. The number of nitriles is 1. The van der Waals surface area contributed by atoms with Crippen molar-refractivity contribution in [1.82, 2.24) is 19.1 Å². The van der Waals surface area contributed by atoms with Gasteiger partial charge in [-0.15, -0.1) is 0 Å². The van der Waals surface area contributed by atoms with Gasteiger partial charge in [-0.3, -0.25) is 0 Å². The molecule has 0 aliphatic heterocycles. The number of para-hydroxylation sites is 2. The third-order valence-corrected chi connectivity index (χ3v) is 12.0. The lowest BCUT2D eigenvalue weighted by molar-refractivity contribution is -0.138. The van der Waals surface area contributed by atoms with Gasteiger partial charge in [-0.2, -0.15) is 31.6 Å². The van der Waals surface area contributed by atoms with Crippen molar-refractivity contribution >= 4 is 43.6 Å². The highest BCUT2D eigenvalue weighted by molar-refractivity contribution is 6.11. The molecule has 0 amide bonds. The quantitative estimate of drug-likeness (QED) is 0.156. The van der Waals surface area contributed by atoms with Gasteiger partial charge in [0.2, 0.25) is 0 Å². The van der Waals surface area contributed by atoms with Crippen LogP contribution < -0.4 is 0 Å². The summed E-state index contributed by atoms with van der Waals surface area (Å²) < 4.78 is 88.6. The van der Waals surface area contributed by atoms with Crippen LogP contribution in [0.3, 0.4) is 0 Å². The van der Waals surface area contributed by atoms with Crippen molar-refractivity contribution in [3.05, 3.63) is 205 Å². The minimum atomic E-state index is -4.58. The van der Waals surface area contributed by atoms with Gasteiger partial charge in [0, 0.05) is 55.0 Å². The Morgan fingerprint density at radius 3 is 1.52 bits per heavy atom. The number of nitrogens with zero attached hydrogens (tertiary/aromatic N) is 5. The van der Waals surface area contributed by atoms with Gasteiger partial charge in [-0.25, -0.2) is 9.97 Å². The lowest BCUT2D eigenvalue weighted by Gasteiger charge is -2.19. The molecule has 0 N–H and O–H groups in total. The van der Waals surface area contributed by atoms with Crippen molar-refractivity contribution in [2.24, 2.45) is 0 Å². The van der Waals surface area contributed by atoms with Gasteiger partial charge in [0.15, 0.2) is 5.82 Å². The highest BCUT2D eigenvalue weighted by atomic mass is 19.4. The van der Waals surface area contributed by atoms with Gasteiger partial charge in [0.05, 0.1) is 61.9 Å². The maximum absolute atomic E-state index is 14.2. The van der Waals surface area contributed by atoms with E-state index in [4.69, 9.17) is 9.97 Å². The van der Waals surface area contributed by atoms with Gasteiger partial charge in [0.1, 0.15) is 0 Å². The molecule has 0 aliphatic carbocycles. The molecule has 0 atom stereocenters. The Balaban J connectivity index is 1.21. The second-order valence-electron chi connectivity index (χ2n) is 15.9. The third kappa shape index (κ3) is 6.82. The number of alkyl halides is 6. The Hall–Kier alpha value is -8.49. The Bertz CT molecular complexity index is 3690. The molecule has 0 spiro atoms. The molecule has 0 aliphatic rings. The fourth-order valence-corrected chi connectivity index (χ4v) is 9.00. The maximum Gasteiger partial charge on any atom is 0.416 e. The Morgan fingerprint density at radius 1 is 0.409 bits per heavy atom. The molecule has 11 heteroatoms. The molecule has 318 valence electrons. The average molecular weight is 876 g/mol. The second-order valence-corrected chi connectivity index (χ2v) is 15.9. The van der Waals surface area contributed by atoms with Crippen LogP contribution in [0.5, 0.6) is 0 Å². The van der Waals surface area contributed by atoms with Gasteiger partial charge in [-0.1, -0.05) is 103 Å². The summed E-state index contributed by atoms with van der Waals surface area (Å²) >= 11 is 0. The lowest BCUT2D eigenvalue weighted by Crippen LogP contribution is -2.05. The van der Waals surface area contributed by atoms with E-state index < -0.39 is 23.5 Å². The molecule has 0 radical (unpaired) electrons. The van der Waals surface area contributed by atoms with Crippen molar-refractivity contribution in [3.8, 4) is 62.5 Å². The van der Waals surface area contributed by atoms with Crippen LogP contribution in [-0.2, 0) is 12.4 Å². The highest BCUT2D eigenvalue weighted by Gasteiger charge is 2.33. The van der Waals surface area contributed by atoms with Gasteiger partial charge >= 0.3 is 12.4 Å². The van der Waals surface area contributed by atoms with E-state index >= 15 is 0 Å². The summed E-state index contributed by atoms with van der Waals surface area (Å²) in [5.41, 5.74) is 6.80. The summed E-state index contributed by atoms with van der Waals surface area (Å²) in [7, 11) is 0. The predicted octanol–water partition coefficient (Wildman–Crippen LogP) is 15.2. The molecule has 3 heterocycles. The molecule has 0 saturated carbocycles. The molecule has 11 rings (SSSR count). The number of halogens is 6. The molecule has 8 aromatic carbocycles. The fourth-order valence-electron chi connectivity index (χ4n) is 9.00. The minimum absolute atomic E-state index is 0.287. The molecule has 5 nitrogen and oxygen atoms in total. The van der Waals surface area contributed by atoms with Crippen LogP contribution >= 0.6 is 0 Å². The van der Waals surface area contributed by atoms with E-state index in [-0.39, 0.29) is 5.56 Å². The molecule has 3 aromatic heterocycles. The summed E-state index contributed by atoms with van der Waals surface area (Å²) in [6.07, 6.45) is -9.14. The van der Waals surface area contributed by atoms with E-state index in [1.54, 1.807) is 36.4 Å². The number of aromatic nitrogens is 4. The minimum Gasteiger partial charge on any atom is -0.309 e. The SMILES string of the molecule is N#Cc1ccc(-n2c3ccccc3c3cc(C(F)(F)F)ccc32)cc1-c1cc(-c2cc(-c3ccccc3)nc(-c3ccccc3)n2)ccc1-n1c2ccccc2c2cc(C(F)(F)F)ccc21. The first-order chi connectivity index (χ1) is 31.9. The summed E-state index contributed by atoms with van der Waals surface area (Å²) in [6, 6.07) is 56.3. The monoisotopic (exact) mass is 875 g/mol. The van der Waals surface area contributed by atoms with E-state index in [1.165, 1.54) is 12.1 Å². The predicted molar refractivity (Wildman–Crippen MR) is 247 cm³/mol. The first-order valence-electron chi connectivity index (χ1n) is 20.8. The summed E-state index contributed by atoms with van der Waals surface area (Å²) in [5.74, 6) is 0.486. The number of hydrogen-bond donors (Lipinski definition) is 0. The van der Waals surface area contributed by atoms with Crippen molar-refractivity contribution in [3.63, 3.8) is 0 Å². The first-order valence-corrected chi connectivity index (χ1v) is 20.8. The number of benzene rings is 8. The summed E-state index contributed by atoms with van der Waals surface area (Å²) in [6.45, 7) is 0. The molecule has 66 heavy (non-hydrogen) atoms. The lowest BCUT2D eigenvalue weighted by atomic mass is 9.94. The smallest absolute Gasteiger partial charge is 0.309 e. The van der Waals surface area contributed by atoms with E-state index in [1.807, 2.05) is 124 Å². The molecule has 11 aromatic rings. The fraction of sp³-hybridized carbons (Fsp3) is 0.0364. The average Bonchev–Trinajstić information content (AvgIpc) is 3.86. The Labute approximate surface area is 372 Å². The maximum atomic E-state index is 14.2. The van der Waals surface area contributed by atoms with E-state index in [0.717, 1.165) is 35.4 Å². The van der Waals surface area contributed by atoms with Crippen LogP contribution in [0.25, 0.3) is 100 Å². The number of rotatable bonds is 6. The van der Waals surface area contributed by atoms with Crippen molar-refractivity contribution in [2.45, 2.75) is 12.4 Å². The zero-order valence-electron chi connectivity index (χ0n) is 34.4. The van der Waals surface area contributed by atoms with Crippen LogP contribution in [0.15, 0.2) is 188 Å². The molecule has 0 fully saturated rings. The largest absolute Gasteiger partial charge is 0.416 e. The third-order valence-electron chi connectivity index (χ3n) is 12.0. The second kappa shape index (κ2) is 15.3. The van der Waals surface area contributed by atoms with Crippen LogP contribution in [0.2, 0.25) is 0 Å². The van der Waals surface area contributed by atoms with Crippen molar-refractivity contribution in [1.29, 1.82) is 5.26 Å². The van der Waals surface area contributed by atoms with Crippen LogP contribution in [-0.4, -0.2) is 19.1 Å². The zero-order valence-corrected chi connectivity index (χ0v) is 34.4. The van der Waals surface area contributed by atoms with Gasteiger partial charge in [-0.05, 0) is 84.9 Å². The molecular formula is C55H31F6N5. The molecule has 0 saturated heterocycles.